The van der Waals surface area contributed by atoms with E-state index in [1.165, 1.54) is 0 Å². The summed E-state index contributed by atoms with van der Waals surface area (Å²) in [6, 6.07) is 8.66. The number of amides is 1. The Morgan fingerprint density at radius 2 is 2.05 bits per heavy atom. The van der Waals surface area contributed by atoms with Crippen molar-refractivity contribution in [3.8, 4) is 0 Å². The van der Waals surface area contributed by atoms with Crippen molar-refractivity contribution in [3.63, 3.8) is 0 Å². The van der Waals surface area contributed by atoms with Gasteiger partial charge in [0.25, 0.3) is 0 Å². The average molecular weight is 321 g/mol. The molecule has 0 fully saturated rings. The Labute approximate surface area is 133 Å². The number of benzene rings is 1. The first-order chi connectivity index (χ1) is 10.6. The van der Waals surface area contributed by atoms with Crippen molar-refractivity contribution in [1.82, 2.24) is 10.5 Å². The zero-order valence-corrected chi connectivity index (χ0v) is 13.0. The van der Waals surface area contributed by atoms with Crippen LogP contribution in [-0.2, 0) is 11.2 Å². The highest BCUT2D eigenvalue weighted by Crippen LogP contribution is 2.17. The fourth-order valence-electron chi connectivity index (χ4n) is 2.00. The zero-order chi connectivity index (χ0) is 15.9. The maximum Gasteiger partial charge on any atom is 0.220 e. The van der Waals surface area contributed by atoms with Gasteiger partial charge in [0.2, 0.25) is 5.91 Å². The van der Waals surface area contributed by atoms with Gasteiger partial charge in [-0.3, -0.25) is 9.59 Å². The number of halogens is 1. The Bertz CT molecular complexity index is 667. The molecule has 0 unspecified atom stereocenters. The third-order valence-corrected chi connectivity index (χ3v) is 3.46. The van der Waals surface area contributed by atoms with Gasteiger partial charge in [-0.2, -0.15) is 0 Å². The van der Waals surface area contributed by atoms with E-state index in [4.69, 9.17) is 16.1 Å². The van der Waals surface area contributed by atoms with Gasteiger partial charge in [0.15, 0.2) is 5.78 Å². The lowest BCUT2D eigenvalue weighted by Gasteiger charge is -2.05. The lowest BCUT2D eigenvalue weighted by atomic mass is 10.1. The number of carbonyl (C=O) groups excluding carboxylic acids is 2. The molecule has 0 bridgehead atoms. The van der Waals surface area contributed by atoms with Crippen LogP contribution in [0, 0.1) is 6.92 Å². The normalized spacial score (nSPS) is 10.5. The predicted molar refractivity (Wildman–Crippen MR) is 83.0 cm³/mol. The molecule has 0 saturated carbocycles. The number of rotatable bonds is 7. The highest BCUT2D eigenvalue weighted by atomic mass is 35.5. The Morgan fingerprint density at radius 1 is 1.27 bits per heavy atom. The van der Waals surface area contributed by atoms with Crippen LogP contribution in [0.4, 0.5) is 0 Å². The first kappa shape index (κ1) is 16.2. The minimum atomic E-state index is -0.166. The number of ketones is 1. The van der Waals surface area contributed by atoms with Crippen molar-refractivity contribution in [2.75, 3.05) is 6.54 Å². The molecular formula is C16H17ClN2O3. The van der Waals surface area contributed by atoms with Gasteiger partial charge in [0.05, 0.1) is 10.7 Å². The molecule has 0 aliphatic rings. The summed E-state index contributed by atoms with van der Waals surface area (Å²) in [6.45, 7) is 2.28. The van der Waals surface area contributed by atoms with E-state index in [1.54, 1.807) is 24.3 Å². The third kappa shape index (κ3) is 4.70. The van der Waals surface area contributed by atoms with Gasteiger partial charge in [-0.25, -0.2) is 0 Å². The Hall–Kier alpha value is -2.14. The Balaban J connectivity index is 1.71. The second kappa shape index (κ2) is 7.75. The highest BCUT2D eigenvalue weighted by molar-refractivity contribution is 6.34. The van der Waals surface area contributed by atoms with Gasteiger partial charge in [0, 0.05) is 37.4 Å². The average Bonchev–Trinajstić information content (AvgIpc) is 2.91. The van der Waals surface area contributed by atoms with Crippen molar-refractivity contribution in [3.05, 3.63) is 52.4 Å². The first-order valence-corrected chi connectivity index (χ1v) is 7.40. The van der Waals surface area contributed by atoms with Crippen molar-refractivity contribution in [2.24, 2.45) is 0 Å². The number of carbonyl (C=O) groups is 2. The second-order valence-electron chi connectivity index (χ2n) is 4.93. The fraction of sp³-hybridized carbons (Fsp3) is 0.312. The van der Waals surface area contributed by atoms with Crippen LogP contribution in [0.25, 0.3) is 0 Å². The topological polar surface area (TPSA) is 72.2 Å². The molecule has 0 atom stereocenters. The molecule has 0 aliphatic carbocycles. The number of hydrogen-bond donors (Lipinski definition) is 1. The summed E-state index contributed by atoms with van der Waals surface area (Å²) < 4.78 is 4.94. The quantitative estimate of drug-likeness (QED) is 0.796. The van der Waals surface area contributed by atoms with Gasteiger partial charge in [-0.1, -0.05) is 28.9 Å². The molecule has 0 spiro atoms. The number of aryl methyl sites for hydroxylation is 1. The summed E-state index contributed by atoms with van der Waals surface area (Å²) in [7, 11) is 0. The van der Waals surface area contributed by atoms with Gasteiger partial charge in [0.1, 0.15) is 5.76 Å². The van der Waals surface area contributed by atoms with Crippen molar-refractivity contribution >= 4 is 23.3 Å². The standard InChI is InChI=1S/C16H17ClN2O3/c1-11-10-12(19-22-11)8-9-18-16(21)7-6-15(20)13-4-2-3-5-14(13)17/h2-5,10H,6-9H2,1H3,(H,18,21). The molecule has 1 amide bonds. The number of hydrogen-bond acceptors (Lipinski definition) is 4. The van der Waals surface area contributed by atoms with Crippen LogP contribution in [-0.4, -0.2) is 23.4 Å². The molecule has 0 saturated heterocycles. The Morgan fingerprint density at radius 3 is 2.73 bits per heavy atom. The molecule has 0 radical (unpaired) electrons. The monoisotopic (exact) mass is 320 g/mol. The molecular weight excluding hydrogens is 304 g/mol. The van der Waals surface area contributed by atoms with E-state index in [1.807, 2.05) is 13.0 Å². The largest absolute Gasteiger partial charge is 0.361 e. The van der Waals surface area contributed by atoms with Crippen molar-refractivity contribution in [2.45, 2.75) is 26.2 Å². The van der Waals surface area contributed by atoms with Crippen LogP contribution in [0.3, 0.4) is 0 Å². The van der Waals surface area contributed by atoms with E-state index in [9.17, 15) is 9.59 Å². The number of nitrogens with one attached hydrogen (secondary N) is 1. The molecule has 2 rings (SSSR count). The highest BCUT2D eigenvalue weighted by Gasteiger charge is 2.12. The van der Waals surface area contributed by atoms with E-state index >= 15 is 0 Å². The van der Waals surface area contributed by atoms with Gasteiger partial charge < -0.3 is 9.84 Å². The number of nitrogens with zero attached hydrogens (tertiary/aromatic N) is 1. The van der Waals surface area contributed by atoms with Gasteiger partial charge in [-0.15, -0.1) is 0 Å². The minimum Gasteiger partial charge on any atom is -0.361 e. The van der Waals surface area contributed by atoms with Crippen LogP contribution in [0.2, 0.25) is 5.02 Å². The van der Waals surface area contributed by atoms with Crippen LogP contribution < -0.4 is 5.32 Å². The minimum absolute atomic E-state index is 0.132. The van der Waals surface area contributed by atoms with E-state index < -0.39 is 0 Å². The zero-order valence-electron chi connectivity index (χ0n) is 12.3. The smallest absolute Gasteiger partial charge is 0.220 e. The maximum atomic E-state index is 12.0. The van der Waals surface area contributed by atoms with Gasteiger partial charge in [-0.05, 0) is 19.1 Å². The predicted octanol–water partition coefficient (Wildman–Crippen LogP) is 2.96. The SMILES string of the molecule is Cc1cc(CCNC(=O)CCC(=O)c2ccccc2Cl)no1. The summed E-state index contributed by atoms with van der Waals surface area (Å²) in [6.07, 6.45) is 0.877. The molecule has 1 aromatic heterocycles. The first-order valence-electron chi connectivity index (χ1n) is 7.03. The molecule has 5 nitrogen and oxygen atoms in total. The molecule has 6 heteroatoms. The summed E-state index contributed by atoms with van der Waals surface area (Å²) in [5.74, 6) is 0.445. The number of aromatic nitrogens is 1. The summed E-state index contributed by atoms with van der Waals surface area (Å²) >= 11 is 5.95. The molecule has 2 aromatic rings. The molecule has 0 aliphatic heterocycles. The van der Waals surface area contributed by atoms with E-state index in [0.29, 0.717) is 23.6 Å². The van der Waals surface area contributed by atoms with Gasteiger partial charge >= 0.3 is 0 Å². The molecule has 116 valence electrons. The summed E-state index contributed by atoms with van der Waals surface area (Å²) in [5.41, 5.74) is 1.25. The third-order valence-electron chi connectivity index (χ3n) is 3.13. The van der Waals surface area contributed by atoms with Crippen LogP contribution in [0.5, 0.6) is 0 Å². The lowest BCUT2D eigenvalue weighted by Crippen LogP contribution is -2.26. The summed E-state index contributed by atoms with van der Waals surface area (Å²) in [4.78, 5) is 23.7. The molecule has 1 heterocycles. The van der Waals surface area contributed by atoms with E-state index in [0.717, 1.165) is 11.5 Å². The molecule has 22 heavy (non-hydrogen) atoms. The van der Waals surface area contributed by atoms with Crippen molar-refractivity contribution < 1.29 is 14.1 Å². The second-order valence-corrected chi connectivity index (χ2v) is 5.34. The summed E-state index contributed by atoms with van der Waals surface area (Å²) in [5, 5.41) is 7.01. The Kier molecular flexibility index (Phi) is 5.72. The van der Waals surface area contributed by atoms with E-state index in [2.05, 4.69) is 10.5 Å². The van der Waals surface area contributed by atoms with E-state index in [-0.39, 0.29) is 24.5 Å². The lowest BCUT2D eigenvalue weighted by molar-refractivity contribution is -0.121. The van der Waals surface area contributed by atoms with Crippen LogP contribution >= 0.6 is 11.6 Å². The van der Waals surface area contributed by atoms with Crippen LogP contribution in [0.1, 0.15) is 34.7 Å². The van der Waals surface area contributed by atoms with Crippen LogP contribution in [0.15, 0.2) is 34.9 Å². The fourth-order valence-corrected chi connectivity index (χ4v) is 2.24. The number of Topliss-reactive ketones (excluding diaryl/α,β-unsaturated/α-hetero) is 1. The molecule has 1 aromatic carbocycles. The van der Waals surface area contributed by atoms with Crippen molar-refractivity contribution in [1.29, 1.82) is 0 Å². The molecule has 1 N–H and O–H groups in total. The maximum absolute atomic E-state index is 12.0.